The van der Waals surface area contributed by atoms with Crippen LogP contribution in [0.25, 0.3) is 0 Å². The van der Waals surface area contributed by atoms with Crippen molar-refractivity contribution in [3.8, 4) is 0 Å². The number of rotatable bonds is 5. The van der Waals surface area contributed by atoms with Crippen LogP contribution in [0, 0.1) is 0 Å². The lowest BCUT2D eigenvalue weighted by Gasteiger charge is -2.34. The van der Waals surface area contributed by atoms with Crippen molar-refractivity contribution in [2.45, 2.75) is 18.4 Å². The molecular formula is C20H20N2O4. The van der Waals surface area contributed by atoms with E-state index in [2.05, 4.69) is 5.10 Å². The second-order valence-electron chi connectivity index (χ2n) is 6.01. The molecule has 1 heterocycles. The fourth-order valence-corrected chi connectivity index (χ4v) is 3.14. The van der Waals surface area contributed by atoms with Gasteiger partial charge in [0.25, 0.3) is 0 Å². The van der Waals surface area contributed by atoms with Crippen LogP contribution >= 0.6 is 0 Å². The van der Waals surface area contributed by atoms with Gasteiger partial charge in [-0.25, -0.2) is 9.80 Å². The van der Waals surface area contributed by atoms with E-state index in [-0.39, 0.29) is 12.8 Å². The highest BCUT2D eigenvalue weighted by atomic mass is 16.5. The molecule has 0 aliphatic carbocycles. The third-order valence-corrected chi connectivity index (χ3v) is 4.42. The zero-order valence-electron chi connectivity index (χ0n) is 14.7. The summed E-state index contributed by atoms with van der Waals surface area (Å²) in [7, 11) is 2.61. The van der Waals surface area contributed by atoms with Crippen LogP contribution in [0.15, 0.2) is 65.8 Å². The molecule has 26 heavy (non-hydrogen) atoms. The van der Waals surface area contributed by atoms with E-state index in [4.69, 9.17) is 9.47 Å². The highest BCUT2D eigenvalue weighted by molar-refractivity contribution is 6.09. The Balaban J connectivity index is 2.11. The molecule has 0 saturated heterocycles. The molecule has 0 amide bonds. The monoisotopic (exact) mass is 352 g/mol. The van der Waals surface area contributed by atoms with Crippen LogP contribution in [-0.4, -0.2) is 37.4 Å². The zero-order valence-corrected chi connectivity index (χ0v) is 14.7. The number of hydrazone groups is 1. The number of hydrogen-bond acceptors (Lipinski definition) is 6. The first-order chi connectivity index (χ1) is 12.6. The molecule has 0 radical (unpaired) electrons. The van der Waals surface area contributed by atoms with Crippen molar-refractivity contribution in [1.82, 2.24) is 0 Å². The molecule has 0 saturated carbocycles. The van der Waals surface area contributed by atoms with E-state index in [0.29, 0.717) is 11.4 Å². The summed E-state index contributed by atoms with van der Waals surface area (Å²) >= 11 is 0. The summed E-state index contributed by atoms with van der Waals surface area (Å²) in [6.45, 7) is 0. The average Bonchev–Trinajstić information content (AvgIpc) is 3.09. The quantitative estimate of drug-likeness (QED) is 0.774. The van der Waals surface area contributed by atoms with E-state index in [1.807, 2.05) is 60.7 Å². The number of nitrogens with zero attached hydrogens (tertiary/aromatic N) is 2. The molecule has 0 fully saturated rings. The van der Waals surface area contributed by atoms with Crippen molar-refractivity contribution in [3.63, 3.8) is 0 Å². The molecule has 2 aromatic rings. The minimum atomic E-state index is -1.28. The summed E-state index contributed by atoms with van der Waals surface area (Å²) in [5.41, 5.74) is 1.02. The zero-order chi connectivity index (χ0) is 18.6. The van der Waals surface area contributed by atoms with E-state index in [1.165, 1.54) is 14.2 Å². The molecule has 0 spiro atoms. The molecule has 6 heteroatoms. The summed E-state index contributed by atoms with van der Waals surface area (Å²) in [6, 6.07) is 18.8. The van der Waals surface area contributed by atoms with Crippen LogP contribution in [0.1, 0.15) is 18.4 Å². The van der Waals surface area contributed by atoms with E-state index in [0.717, 1.165) is 5.56 Å². The summed E-state index contributed by atoms with van der Waals surface area (Å²) in [5.74, 6) is -1.03. The van der Waals surface area contributed by atoms with Crippen molar-refractivity contribution < 1.29 is 19.1 Å². The van der Waals surface area contributed by atoms with E-state index in [9.17, 15) is 9.59 Å². The minimum absolute atomic E-state index is 0.162. The number of ether oxygens (including phenoxy) is 2. The third kappa shape index (κ3) is 3.18. The molecule has 2 aromatic carbocycles. The van der Waals surface area contributed by atoms with Gasteiger partial charge in [-0.2, -0.15) is 5.10 Å². The number of esters is 2. The van der Waals surface area contributed by atoms with Crippen molar-refractivity contribution in [3.05, 3.63) is 66.2 Å². The Labute approximate surface area is 152 Å². The summed E-state index contributed by atoms with van der Waals surface area (Å²) in [5, 5.41) is 6.26. The van der Waals surface area contributed by atoms with Gasteiger partial charge in [-0.15, -0.1) is 0 Å². The number of carbonyl (C=O) groups is 2. The molecule has 0 aromatic heterocycles. The summed E-state index contributed by atoms with van der Waals surface area (Å²) in [4.78, 5) is 24.9. The van der Waals surface area contributed by atoms with Crippen molar-refractivity contribution >= 4 is 23.3 Å². The van der Waals surface area contributed by atoms with E-state index >= 15 is 0 Å². The van der Waals surface area contributed by atoms with Gasteiger partial charge < -0.3 is 9.47 Å². The largest absolute Gasteiger partial charge is 0.469 e. The lowest BCUT2D eigenvalue weighted by Crippen LogP contribution is -2.52. The molecule has 0 bridgehead atoms. The van der Waals surface area contributed by atoms with Gasteiger partial charge in [0.05, 0.1) is 32.0 Å². The van der Waals surface area contributed by atoms with Crippen LogP contribution in [0.3, 0.4) is 0 Å². The number of para-hydroxylation sites is 1. The normalized spacial score (nSPS) is 19.0. The lowest BCUT2D eigenvalue weighted by molar-refractivity contribution is -0.153. The third-order valence-electron chi connectivity index (χ3n) is 4.42. The van der Waals surface area contributed by atoms with Crippen LogP contribution < -0.4 is 5.01 Å². The summed E-state index contributed by atoms with van der Waals surface area (Å²) in [6.07, 6.45) is 0.0819. The SMILES string of the molecule is COC(=O)CC1(C(=O)OC)CC(c2ccccc2)=NN1c1ccccc1. The number of methoxy groups -OCH3 is 2. The maximum atomic E-state index is 12.8. The second-order valence-corrected chi connectivity index (χ2v) is 6.01. The topological polar surface area (TPSA) is 68.2 Å². The summed E-state index contributed by atoms with van der Waals surface area (Å²) < 4.78 is 9.89. The Kier molecular flexibility index (Phi) is 5.02. The van der Waals surface area contributed by atoms with Gasteiger partial charge in [-0.1, -0.05) is 48.5 Å². The first-order valence-corrected chi connectivity index (χ1v) is 8.24. The predicted molar refractivity (Wildman–Crippen MR) is 97.9 cm³/mol. The Hall–Kier alpha value is -3.15. The van der Waals surface area contributed by atoms with Gasteiger partial charge in [0.2, 0.25) is 0 Å². The number of benzene rings is 2. The molecule has 134 valence electrons. The minimum Gasteiger partial charge on any atom is -0.469 e. The lowest BCUT2D eigenvalue weighted by atomic mass is 9.87. The van der Waals surface area contributed by atoms with Gasteiger partial charge in [0, 0.05) is 6.42 Å². The first-order valence-electron chi connectivity index (χ1n) is 8.24. The maximum absolute atomic E-state index is 12.8. The Bertz CT molecular complexity index is 820. The van der Waals surface area contributed by atoms with Gasteiger partial charge >= 0.3 is 11.9 Å². The van der Waals surface area contributed by atoms with Gasteiger partial charge in [-0.05, 0) is 17.7 Å². The van der Waals surface area contributed by atoms with Crippen molar-refractivity contribution in [1.29, 1.82) is 0 Å². The van der Waals surface area contributed by atoms with E-state index < -0.39 is 17.5 Å². The van der Waals surface area contributed by atoms with Gasteiger partial charge in [-0.3, -0.25) is 4.79 Å². The Morgan fingerprint density at radius 2 is 1.62 bits per heavy atom. The van der Waals surface area contributed by atoms with Gasteiger partial charge in [0.15, 0.2) is 5.54 Å². The number of hydrogen-bond donors (Lipinski definition) is 0. The van der Waals surface area contributed by atoms with Gasteiger partial charge in [0.1, 0.15) is 0 Å². The van der Waals surface area contributed by atoms with Crippen molar-refractivity contribution in [2.75, 3.05) is 19.2 Å². The van der Waals surface area contributed by atoms with Crippen LogP contribution in [0.2, 0.25) is 0 Å². The highest BCUT2D eigenvalue weighted by Gasteiger charge is 2.52. The maximum Gasteiger partial charge on any atom is 0.334 e. The highest BCUT2D eigenvalue weighted by Crippen LogP contribution is 2.38. The molecule has 1 aliphatic rings. The predicted octanol–water partition coefficient (Wildman–Crippen LogP) is 2.78. The molecule has 1 aliphatic heterocycles. The van der Waals surface area contributed by atoms with E-state index in [1.54, 1.807) is 5.01 Å². The van der Waals surface area contributed by atoms with Crippen LogP contribution in [0.5, 0.6) is 0 Å². The molecule has 0 N–H and O–H groups in total. The second kappa shape index (κ2) is 7.39. The Morgan fingerprint density at radius 1 is 1.00 bits per heavy atom. The molecule has 6 nitrogen and oxygen atoms in total. The smallest absolute Gasteiger partial charge is 0.334 e. The van der Waals surface area contributed by atoms with Crippen molar-refractivity contribution in [2.24, 2.45) is 5.10 Å². The first kappa shape index (κ1) is 17.7. The molecule has 1 unspecified atom stereocenters. The fourth-order valence-electron chi connectivity index (χ4n) is 3.14. The van der Waals surface area contributed by atoms with Crippen LogP contribution in [0.4, 0.5) is 5.69 Å². The standard InChI is InChI=1S/C20H20N2O4/c1-25-18(23)14-20(19(24)26-2)13-17(15-9-5-3-6-10-15)21-22(20)16-11-7-4-8-12-16/h3-12H,13-14H2,1-2H3. The van der Waals surface area contributed by atoms with Crippen LogP contribution in [-0.2, 0) is 19.1 Å². The molecule has 1 atom stereocenters. The molecular weight excluding hydrogens is 332 g/mol. The molecule has 3 rings (SSSR count). The number of carbonyl (C=O) groups excluding carboxylic acids is 2. The Morgan fingerprint density at radius 3 is 2.19 bits per heavy atom. The fraction of sp³-hybridized carbons (Fsp3) is 0.250. The average molecular weight is 352 g/mol. The number of anilines is 1.